The molecule has 0 aromatic heterocycles. The maximum atomic E-state index is 6.11. The summed E-state index contributed by atoms with van der Waals surface area (Å²) in [6.07, 6.45) is 0. The Balaban J connectivity index is 1.79. The van der Waals surface area contributed by atoms with Gasteiger partial charge in [-0.1, -0.05) is 0 Å². The lowest BCUT2D eigenvalue weighted by Crippen LogP contribution is -2.44. The molecule has 5 heteroatoms. The lowest BCUT2D eigenvalue weighted by molar-refractivity contribution is 0.122. The van der Waals surface area contributed by atoms with E-state index in [4.69, 9.17) is 10.5 Å². The Hall–Kier alpha value is -1.46. The van der Waals surface area contributed by atoms with Gasteiger partial charge in [0, 0.05) is 56.3 Å². The summed E-state index contributed by atoms with van der Waals surface area (Å²) in [4.78, 5) is 7.16. The molecule has 1 aromatic rings. The number of nitrogen functional groups attached to an aromatic ring is 1. The van der Waals surface area contributed by atoms with Crippen LogP contribution < -0.4 is 15.5 Å². The van der Waals surface area contributed by atoms with E-state index in [1.54, 1.807) is 0 Å². The summed E-state index contributed by atoms with van der Waals surface area (Å²) in [7, 11) is 2.18. The maximum absolute atomic E-state index is 6.11. The Morgan fingerprint density at radius 1 is 0.850 bits per heavy atom. The van der Waals surface area contributed by atoms with Crippen molar-refractivity contribution in [2.75, 3.05) is 75.1 Å². The molecule has 5 nitrogen and oxygen atoms in total. The number of hydrogen-bond donors (Lipinski definition) is 1. The van der Waals surface area contributed by atoms with Crippen LogP contribution in [0.4, 0.5) is 17.1 Å². The second kappa shape index (κ2) is 5.89. The number of nitrogens with two attached hydrogens (primary N) is 1. The second-order valence-corrected chi connectivity index (χ2v) is 5.67. The molecule has 2 saturated heterocycles. The quantitative estimate of drug-likeness (QED) is 0.812. The topological polar surface area (TPSA) is 45.0 Å². The van der Waals surface area contributed by atoms with Gasteiger partial charge in [-0.3, -0.25) is 0 Å². The van der Waals surface area contributed by atoms with Crippen LogP contribution in [0.1, 0.15) is 0 Å². The van der Waals surface area contributed by atoms with Crippen LogP contribution in [0.15, 0.2) is 18.2 Å². The third-order valence-corrected chi connectivity index (χ3v) is 4.17. The SMILES string of the molecule is CN1CCN(c2cc(N)cc(N3CCOCC3)c2)CC1. The fourth-order valence-corrected chi connectivity index (χ4v) is 2.87. The van der Waals surface area contributed by atoms with Crippen LogP contribution in [0.5, 0.6) is 0 Å². The Morgan fingerprint density at radius 3 is 2.00 bits per heavy atom. The first-order valence-electron chi connectivity index (χ1n) is 7.39. The molecule has 0 spiro atoms. The number of ether oxygens (including phenoxy) is 1. The van der Waals surface area contributed by atoms with Crippen LogP contribution in [-0.4, -0.2) is 64.4 Å². The van der Waals surface area contributed by atoms with Gasteiger partial charge in [0.25, 0.3) is 0 Å². The molecule has 0 aliphatic carbocycles. The van der Waals surface area contributed by atoms with Gasteiger partial charge in [0.05, 0.1) is 13.2 Å². The minimum Gasteiger partial charge on any atom is -0.399 e. The number of morpholine rings is 1. The van der Waals surface area contributed by atoms with Crippen LogP contribution in [0.3, 0.4) is 0 Å². The molecule has 0 amide bonds. The molecule has 2 N–H and O–H groups in total. The summed E-state index contributed by atoms with van der Waals surface area (Å²) in [6.45, 7) is 7.88. The van der Waals surface area contributed by atoms with E-state index in [-0.39, 0.29) is 0 Å². The third-order valence-electron chi connectivity index (χ3n) is 4.17. The zero-order chi connectivity index (χ0) is 13.9. The van der Waals surface area contributed by atoms with Crippen LogP contribution >= 0.6 is 0 Å². The minimum absolute atomic E-state index is 0.804. The fraction of sp³-hybridized carbons (Fsp3) is 0.600. The highest BCUT2D eigenvalue weighted by Crippen LogP contribution is 2.27. The maximum Gasteiger partial charge on any atom is 0.0642 e. The first-order chi connectivity index (χ1) is 9.72. The predicted molar refractivity (Wildman–Crippen MR) is 83.6 cm³/mol. The Bertz CT molecular complexity index is 451. The smallest absolute Gasteiger partial charge is 0.0642 e. The van der Waals surface area contributed by atoms with Gasteiger partial charge in [0.15, 0.2) is 0 Å². The number of rotatable bonds is 2. The third kappa shape index (κ3) is 2.99. The van der Waals surface area contributed by atoms with Gasteiger partial charge in [-0.05, 0) is 25.2 Å². The minimum atomic E-state index is 0.804. The van der Waals surface area contributed by atoms with Gasteiger partial charge in [-0.2, -0.15) is 0 Å². The summed E-state index contributed by atoms with van der Waals surface area (Å²) >= 11 is 0. The molecular formula is C15H24N4O. The molecule has 0 atom stereocenters. The highest BCUT2D eigenvalue weighted by atomic mass is 16.5. The van der Waals surface area contributed by atoms with Gasteiger partial charge in [0.2, 0.25) is 0 Å². The van der Waals surface area contributed by atoms with Gasteiger partial charge < -0.3 is 25.2 Å². The molecule has 2 heterocycles. The van der Waals surface area contributed by atoms with E-state index in [9.17, 15) is 0 Å². The molecule has 1 aromatic carbocycles. The van der Waals surface area contributed by atoms with E-state index in [2.05, 4.69) is 39.9 Å². The first-order valence-corrected chi connectivity index (χ1v) is 7.39. The standard InChI is InChI=1S/C15H24N4O/c1-17-2-4-18(5-3-17)14-10-13(16)11-15(12-14)19-6-8-20-9-7-19/h10-12H,2-9,16H2,1H3. The van der Waals surface area contributed by atoms with Crippen molar-refractivity contribution in [2.24, 2.45) is 0 Å². The number of benzene rings is 1. The Kier molecular flexibility index (Phi) is 3.98. The molecule has 2 aliphatic heterocycles. The summed E-state index contributed by atoms with van der Waals surface area (Å²) in [6, 6.07) is 6.44. The first kappa shape index (κ1) is 13.5. The molecule has 20 heavy (non-hydrogen) atoms. The Labute approximate surface area is 120 Å². The molecule has 2 fully saturated rings. The molecule has 3 rings (SSSR count). The van der Waals surface area contributed by atoms with Crippen LogP contribution in [-0.2, 0) is 4.74 Å². The van der Waals surface area contributed by atoms with Crippen molar-refractivity contribution >= 4 is 17.1 Å². The highest BCUT2D eigenvalue weighted by molar-refractivity contribution is 5.67. The second-order valence-electron chi connectivity index (χ2n) is 5.67. The van der Waals surface area contributed by atoms with Crippen LogP contribution in [0, 0.1) is 0 Å². The predicted octanol–water partition coefficient (Wildman–Crippen LogP) is 0.857. The van der Waals surface area contributed by atoms with Gasteiger partial charge in [-0.25, -0.2) is 0 Å². The number of anilines is 3. The van der Waals surface area contributed by atoms with Gasteiger partial charge in [0.1, 0.15) is 0 Å². The van der Waals surface area contributed by atoms with E-state index in [1.807, 2.05) is 0 Å². The number of hydrogen-bond acceptors (Lipinski definition) is 5. The molecule has 0 saturated carbocycles. The van der Waals surface area contributed by atoms with E-state index in [0.717, 1.165) is 58.2 Å². The van der Waals surface area contributed by atoms with Gasteiger partial charge >= 0.3 is 0 Å². The summed E-state index contributed by atoms with van der Waals surface area (Å²) in [5.74, 6) is 0. The van der Waals surface area contributed by atoms with Crippen LogP contribution in [0.2, 0.25) is 0 Å². The monoisotopic (exact) mass is 276 g/mol. The Morgan fingerprint density at radius 2 is 1.40 bits per heavy atom. The van der Waals surface area contributed by atoms with E-state index in [0.29, 0.717) is 0 Å². The van der Waals surface area contributed by atoms with Crippen molar-refractivity contribution in [2.45, 2.75) is 0 Å². The van der Waals surface area contributed by atoms with E-state index in [1.165, 1.54) is 11.4 Å². The number of piperazine rings is 1. The molecule has 0 bridgehead atoms. The van der Waals surface area contributed by atoms with Crippen molar-refractivity contribution < 1.29 is 4.74 Å². The molecule has 110 valence electrons. The van der Waals surface area contributed by atoms with Crippen LogP contribution in [0.25, 0.3) is 0 Å². The largest absolute Gasteiger partial charge is 0.399 e. The zero-order valence-electron chi connectivity index (χ0n) is 12.2. The van der Waals surface area contributed by atoms with Crippen molar-refractivity contribution in [3.05, 3.63) is 18.2 Å². The average Bonchev–Trinajstić information content (AvgIpc) is 2.48. The zero-order valence-corrected chi connectivity index (χ0v) is 12.2. The molecule has 0 radical (unpaired) electrons. The van der Waals surface area contributed by atoms with Gasteiger partial charge in [-0.15, -0.1) is 0 Å². The van der Waals surface area contributed by atoms with Crippen molar-refractivity contribution in [3.8, 4) is 0 Å². The number of nitrogens with zero attached hydrogens (tertiary/aromatic N) is 3. The lowest BCUT2D eigenvalue weighted by Gasteiger charge is -2.35. The van der Waals surface area contributed by atoms with E-state index >= 15 is 0 Å². The van der Waals surface area contributed by atoms with E-state index < -0.39 is 0 Å². The summed E-state index contributed by atoms with van der Waals surface area (Å²) < 4.78 is 5.42. The molecular weight excluding hydrogens is 252 g/mol. The van der Waals surface area contributed by atoms with Crippen molar-refractivity contribution in [1.29, 1.82) is 0 Å². The van der Waals surface area contributed by atoms with Crippen molar-refractivity contribution in [3.63, 3.8) is 0 Å². The lowest BCUT2D eigenvalue weighted by atomic mass is 10.2. The molecule has 2 aliphatic rings. The molecule has 0 unspecified atom stereocenters. The van der Waals surface area contributed by atoms with Crippen molar-refractivity contribution in [1.82, 2.24) is 4.90 Å². The normalized spacial score (nSPS) is 21.2. The average molecular weight is 276 g/mol. The fourth-order valence-electron chi connectivity index (χ4n) is 2.87. The summed E-state index contributed by atoms with van der Waals surface area (Å²) in [5.41, 5.74) is 9.43. The summed E-state index contributed by atoms with van der Waals surface area (Å²) in [5, 5.41) is 0. The highest BCUT2D eigenvalue weighted by Gasteiger charge is 2.17. The number of likely N-dealkylation sites (N-methyl/N-ethyl adjacent to an activating group) is 1.